The maximum atomic E-state index is 10.2. The number of alkyl halides is 1. The fourth-order valence-corrected chi connectivity index (χ4v) is 6.62. The third-order valence-electron chi connectivity index (χ3n) is 5.92. The Kier molecular flexibility index (Phi) is 4.34. The minimum Gasteiger partial charge on any atom is -0.368 e. The quantitative estimate of drug-likeness (QED) is 0.300. The van der Waals surface area contributed by atoms with E-state index in [1.807, 2.05) is 0 Å². The van der Waals surface area contributed by atoms with Gasteiger partial charge in [0.15, 0.2) is 12.6 Å². The fourth-order valence-electron chi connectivity index (χ4n) is 4.54. The summed E-state index contributed by atoms with van der Waals surface area (Å²) in [5, 5.41) is 19.5. The molecular formula is C15H25IO5. The molecule has 8 atom stereocenters. The normalized spacial score (nSPS) is 57.4. The highest BCUT2D eigenvalue weighted by Crippen LogP contribution is 2.60. The van der Waals surface area contributed by atoms with E-state index in [9.17, 15) is 10.4 Å². The summed E-state index contributed by atoms with van der Waals surface area (Å²) in [5.74, 6) is 0.403. The Hall–Kier alpha value is 0.530. The van der Waals surface area contributed by atoms with E-state index >= 15 is 0 Å². The fraction of sp³-hybridized carbons (Fsp3) is 1.00. The predicted octanol–water partition coefficient (Wildman–Crippen LogP) is 3.15. The highest BCUT2D eigenvalue weighted by Gasteiger charge is 2.63. The molecule has 0 aromatic heterocycles. The molecule has 3 fully saturated rings. The molecule has 2 saturated heterocycles. The summed E-state index contributed by atoms with van der Waals surface area (Å²) in [6.07, 6.45) is 2.43. The molecule has 1 saturated carbocycles. The zero-order valence-corrected chi connectivity index (χ0v) is 14.9. The maximum absolute atomic E-state index is 10.2. The Morgan fingerprint density at radius 1 is 1.19 bits per heavy atom. The molecule has 3 rings (SSSR count). The molecule has 5 nitrogen and oxygen atoms in total. The molecular weight excluding hydrogens is 387 g/mol. The van der Waals surface area contributed by atoms with Crippen LogP contribution < -0.4 is 0 Å². The number of aliphatic hydroxyl groups is 1. The summed E-state index contributed by atoms with van der Waals surface area (Å²) in [4.78, 5) is 4.61. The lowest BCUT2D eigenvalue weighted by atomic mass is 9.61. The predicted molar refractivity (Wildman–Crippen MR) is 84.6 cm³/mol. The van der Waals surface area contributed by atoms with Crippen LogP contribution in [0.1, 0.15) is 46.5 Å². The first-order valence-corrected chi connectivity index (χ1v) is 8.92. The second-order valence-electron chi connectivity index (χ2n) is 7.19. The zero-order valence-electron chi connectivity index (χ0n) is 12.8. The first-order valence-electron chi connectivity index (χ1n) is 7.84. The van der Waals surface area contributed by atoms with Crippen molar-refractivity contribution in [3.8, 4) is 0 Å². The van der Waals surface area contributed by atoms with E-state index in [2.05, 4.69) is 41.3 Å². The van der Waals surface area contributed by atoms with Crippen molar-refractivity contribution in [1.82, 2.24) is 0 Å². The lowest BCUT2D eigenvalue weighted by molar-refractivity contribution is -0.438. The largest absolute Gasteiger partial charge is 0.368 e. The van der Waals surface area contributed by atoms with Crippen molar-refractivity contribution in [2.45, 2.75) is 68.2 Å². The van der Waals surface area contributed by atoms with Crippen molar-refractivity contribution in [2.75, 3.05) is 0 Å². The standard InChI is InChI=1S/C15H25IO5/c1-8-4-5-11-9(2)12(17)19-13-15(11,16)10(8)6-7-14(3,20-13)21-18/h8-13,17-18H,4-7H2,1-3H3/t8-,9-,10+,11+,12?,13-,14+,15?/m1/s1. The van der Waals surface area contributed by atoms with Crippen LogP contribution in [0.5, 0.6) is 0 Å². The van der Waals surface area contributed by atoms with Crippen LogP contribution in [-0.2, 0) is 14.4 Å². The highest BCUT2D eigenvalue weighted by molar-refractivity contribution is 14.1. The number of hydrogen-bond donors (Lipinski definition) is 2. The Labute approximate surface area is 139 Å². The van der Waals surface area contributed by atoms with Crippen molar-refractivity contribution >= 4 is 22.6 Å². The number of ether oxygens (including phenoxy) is 2. The van der Waals surface area contributed by atoms with Gasteiger partial charge in [0, 0.05) is 12.3 Å². The van der Waals surface area contributed by atoms with E-state index in [0.717, 1.165) is 12.8 Å². The molecule has 3 aliphatic rings. The second kappa shape index (κ2) is 5.56. The molecule has 0 aromatic carbocycles. The molecule has 0 bridgehead atoms. The van der Waals surface area contributed by atoms with Crippen molar-refractivity contribution in [3.05, 3.63) is 0 Å². The number of aliphatic hydroxyl groups excluding tert-OH is 1. The van der Waals surface area contributed by atoms with Gasteiger partial charge in [0.2, 0.25) is 5.79 Å². The third kappa shape index (κ3) is 2.46. The molecule has 0 amide bonds. The van der Waals surface area contributed by atoms with Crippen molar-refractivity contribution in [3.63, 3.8) is 0 Å². The summed E-state index contributed by atoms with van der Waals surface area (Å²) in [5.41, 5.74) is 0. The molecule has 1 aliphatic carbocycles. The highest BCUT2D eigenvalue weighted by atomic mass is 127. The van der Waals surface area contributed by atoms with E-state index in [4.69, 9.17) is 9.47 Å². The van der Waals surface area contributed by atoms with E-state index in [1.165, 1.54) is 6.42 Å². The lowest BCUT2D eigenvalue weighted by Gasteiger charge is -2.56. The lowest BCUT2D eigenvalue weighted by Crippen LogP contribution is -2.63. The van der Waals surface area contributed by atoms with E-state index in [1.54, 1.807) is 6.92 Å². The van der Waals surface area contributed by atoms with Gasteiger partial charge in [0.25, 0.3) is 0 Å². The minimum atomic E-state index is -1.06. The Morgan fingerprint density at radius 2 is 1.90 bits per heavy atom. The van der Waals surface area contributed by atoms with Crippen molar-refractivity contribution in [1.29, 1.82) is 0 Å². The smallest absolute Gasteiger partial charge is 0.201 e. The summed E-state index contributed by atoms with van der Waals surface area (Å²) in [6.45, 7) is 6.08. The van der Waals surface area contributed by atoms with Gasteiger partial charge in [-0.2, -0.15) is 0 Å². The van der Waals surface area contributed by atoms with Gasteiger partial charge in [-0.25, -0.2) is 10.1 Å². The second-order valence-corrected chi connectivity index (χ2v) is 9.06. The van der Waals surface area contributed by atoms with E-state index in [-0.39, 0.29) is 9.34 Å². The van der Waals surface area contributed by atoms with Crippen LogP contribution >= 0.6 is 22.6 Å². The molecule has 6 heteroatoms. The van der Waals surface area contributed by atoms with Gasteiger partial charge in [0.05, 0.1) is 3.42 Å². The van der Waals surface area contributed by atoms with Crippen molar-refractivity contribution < 1.29 is 24.7 Å². The van der Waals surface area contributed by atoms with Gasteiger partial charge >= 0.3 is 0 Å². The van der Waals surface area contributed by atoms with E-state index in [0.29, 0.717) is 24.2 Å². The molecule has 2 N–H and O–H groups in total. The average molecular weight is 412 g/mol. The Bertz CT molecular complexity index is 408. The maximum Gasteiger partial charge on any atom is 0.201 e. The summed E-state index contributed by atoms with van der Waals surface area (Å²) in [7, 11) is 0. The number of halogens is 1. The molecule has 122 valence electrons. The summed E-state index contributed by atoms with van der Waals surface area (Å²) >= 11 is 2.51. The van der Waals surface area contributed by atoms with Crippen LogP contribution in [0, 0.1) is 23.7 Å². The molecule has 0 spiro atoms. The molecule has 2 aliphatic heterocycles. The zero-order chi connectivity index (χ0) is 15.4. The minimum absolute atomic E-state index is 0.0937. The monoisotopic (exact) mass is 412 g/mol. The summed E-state index contributed by atoms with van der Waals surface area (Å²) in [6, 6.07) is 0. The number of rotatable bonds is 1. The first kappa shape index (κ1) is 16.4. The Balaban J connectivity index is 2.01. The average Bonchev–Trinajstić information content (AvgIpc) is 2.55. The third-order valence-corrected chi connectivity index (χ3v) is 8.03. The van der Waals surface area contributed by atoms with Crippen LogP contribution in [0.2, 0.25) is 0 Å². The van der Waals surface area contributed by atoms with Crippen LogP contribution in [0.15, 0.2) is 0 Å². The molecule has 21 heavy (non-hydrogen) atoms. The topological polar surface area (TPSA) is 68.2 Å². The van der Waals surface area contributed by atoms with Gasteiger partial charge in [-0.15, -0.1) is 0 Å². The van der Waals surface area contributed by atoms with Crippen LogP contribution in [0.25, 0.3) is 0 Å². The molecule has 0 aromatic rings. The first-order chi connectivity index (χ1) is 9.82. The van der Waals surface area contributed by atoms with Crippen molar-refractivity contribution in [2.24, 2.45) is 23.7 Å². The molecule has 0 radical (unpaired) electrons. The van der Waals surface area contributed by atoms with Gasteiger partial charge in [-0.1, -0.05) is 42.9 Å². The van der Waals surface area contributed by atoms with Gasteiger partial charge in [-0.3, -0.25) is 0 Å². The SMILES string of the molecule is C[C@@H]1CC[C@H]2[C@@H](C)C(O)O[C@@H]3O[C@@](C)(OO)CC[C@@H]1C32I. The molecule has 2 heterocycles. The van der Waals surface area contributed by atoms with Gasteiger partial charge < -0.3 is 14.6 Å². The number of hydrogen-bond acceptors (Lipinski definition) is 5. The van der Waals surface area contributed by atoms with Gasteiger partial charge in [-0.05, 0) is 37.5 Å². The Morgan fingerprint density at radius 3 is 2.57 bits per heavy atom. The van der Waals surface area contributed by atoms with Crippen LogP contribution in [0.4, 0.5) is 0 Å². The van der Waals surface area contributed by atoms with Crippen LogP contribution in [-0.4, -0.2) is 32.2 Å². The van der Waals surface area contributed by atoms with E-state index < -0.39 is 18.4 Å². The molecule has 2 unspecified atom stereocenters. The van der Waals surface area contributed by atoms with Crippen LogP contribution in [0.3, 0.4) is 0 Å². The van der Waals surface area contributed by atoms with Gasteiger partial charge in [0.1, 0.15) is 0 Å². The summed E-state index contributed by atoms with van der Waals surface area (Å²) < 4.78 is 11.6.